The molecule has 0 bridgehead atoms. The van der Waals surface area contributed by atoms with Gasteiger partial charge in [-0.2, -0.15) is 0 Å². The van der Waals surface area contributed by atoms with Gasteiger partial charge in [-0.15, -0.1) is 0 Å². The fourth-order valence-electron chi connectivity index (χ4n) is 2.29. The van der Waals surface area contributed by atoms with E-state index in [0.717, 1.165) is 36.3 Å². The first kappa shape index (κ1) is 15.5. The first-order valence-electron chi connectivity index (χ1n) is 6.98. The van der Waals surface area contributed by atoms with Gasteiger partial charge in [0.15, 0.2) is 0 Å². The second-order valence-corrected chi connectivity index (χ2v) is 5.91. The van der Waals surface area contributed by atoms with Crippen molar-refractivity contribution in [3.63, 3.8) is 0 Å². The highest BCUT2D eigenvalue weighted by Crippen LogP contribution is 2.17. The Hall–Kier alpha value is -0.910. The van der Waals surface area contributed by atoms with E-state index in [9.17, 15) is 4.79 Å². The van der Waals surface area contributed by atoms with Crippen molar-refractivity contribution in [2.24, 2.45) is 0 Å². The lowest BCUT2D eigenvalue weighted by Gasteiger charge is -2.32. The van der Waals surface area contributed by atoms with E-state index in [4.69, 9.17) is 4.74 Å². The number of carbonyl (C=O) groups is 1. The summed E-state index contributed by atoms with van der Waals surface area (Å²) in [6.45, 7) is 8.31. The predicted octanol–water partition coefficient (Wildman–Crippen LogP) is 2.21. The fourth-order valence-corrected chi connectivity index (χ4v) is 2.53. The quantitative estimate of drug-likeness (QED) is 0.913. The Morgan fingerprint density at radius 1 is 1.55 bits per heavy atom. The summed E-state index contributed by atoms with van der Waals surface area (Å²) >= 11 is 3.44. The van der Waals surface area contributed by atoms with Crippen LogP contribution in [0.25, 0.3) is 0 Å². The number of benzene rings is 1. The van der Waals surface area contributed by atoms with Crippen molar-refractivity contribution in [1.29, 1.82) is 0 Å². The Bertz CT molecular complexity index is 479. The Balaban J connectivity index is 1.87. The lowest BCUT2D eigenvalue weighted by atomic mass is 10.1. The first-order valence-corrected chi connectivity index (χ1v) is 7.77. The Labute approximate surface area is 128 Å². The molecule has 1 aliphatic rings. The molecule has 1 aromatic carbocycles. The van der Waals surface area contributed by atoms with Crippen LogP contribution in [0.3, 0.4) is 0 Å². The standard InChI is InChI=1S/C15H21BrN2O2/c1-3-18-6-7-20-13(10-18)9-17-15(19)12-4-5-14(16)11(2)8-12/h4-5,8,13H,3,6-7,9-10H2,1-2H3,(H,17,19). The van der Waals surface area contributed by atoms with Crippen LogP contribution in [-0.4, -0.2) is 49.7 Å². The van der Waals surface area contributed by atoms with Crippen LogP contribution in [0.2, 0.25) is 0 Å². The van der Waals surface area contributed by atoms with Gasteiger partial charge in [0.2, 0.25) is 0 Å². The van der Waals surface area contributed by atoms with Crippen molar-refractivity contribution < 1.29 is 9.53 Å². The molecule has 4 nitrogen and oxygen atoms in total. The summed E-state index contributed by atoms with van der Waals surface area (Å²) < 4.78 is 6.69. The molecule has 0 aromatic heterocycles. The van der Waals surface area contributed by atoms with Crippen LogP contribution in [-0.2, 0) is 4.74 Å². The number of morpholine rings is 1. The van der Waals surface area contributed by atoms with Crippen LogP contribution >= 0.6 is 15.9 Å². The Kier molecular flexibility index (Phi) is 5.57. The largest absolute Gasteiger partial charge is 0.374 e. The highest BCUT2D eigenvalue weighted by Gasteiger charge is 2.20. The molecule has 0 spiro atoms. The molecule has 1 fully saturated rings. The summed E-state index contributed by atoms with van der Waals surface area (Å²) in [4.78, 5) is 14.4. The van der Waals surface area contributed by atoms with Gasteiger partial charge in [0.05, 0.1) is 12.7 Å². The molecule has 2 rings (SSSR count). The molecule has 1 aromatic rings. The number of hydrogen-bond acceptors (Lipinski definition) is 3. The second-order valence-electron chi connectivity index (χ2n) is 5.06. The van der Waals surface area contributed by atoms with E-state index in [0.29, 0.717) is 12.1 Å². The van der Waals surface area contributed by atoms with Gasteiger partial charge in [-0.3, -0.25) is 9.69 Å². The lowest BCUT2D eigenvalue weighted by Crippen LogP contribution is -2.47. The van der Waals surface area contributed by atoms with Gasteiger partial charge < -0.3 is 10.1 Å². The number of amides is 1. The van der Waals surface area contributed by atoms with Crippen molar-refractivity contribution in [3.8, 4) is 0 Å². The molecule has 0 saturated carbocycles. The molecule has 1 N–H and O–H groups in total. The van der Waals surface area contributed by atoms with Gasteiger partial charge in [0.1, 0.15) is 0 Å². The molecule has 5 heteroatoms. The monoisotopic (exact) mass is 340 g/mol. The van der Waals surface area contributed by atoms with Gasteiger partial charge in [0.25, 0.3) is 5.91 Å². The number of nitrogens with one attached hydrogen (secondary N) is 1. The maximum atomic E-state index is 12.1. The van der Waals surface area contributed by atoms with Gasteiger partial charge in [-0.1, -0.05) is 22.9 Å². The van der Waals surface area contributed by atoms with E-state index in [2.05, 4.69) is 33.1 Å². The normalized spacial score (nSPS) is 19.9. The van der Waals surface area contributed by atoms with Gasteiger partial charge in [-0.05, 0) is 37.2 Å². The zero-order chi connectivity index (χ0) is 14.5. The summed E-state index contributed by atoms with van der Waals surface area (Å²) in [7, 11) is 0. The third-order valence-corrected chi connectivity index (χ3v) is 4.47. The minimum absolute atomic E-state index is 0.0437. The molecule has 1 aliphatic heterocycles. The smallest absolute Gasteiger partial charge is 0.251 e. The van der Waals surface area contributed by atoms with E-state index < -0.39 is 0 Å². The highest BCUT2D eigenvalue weighted by atomic mass is 79.9. The molecular formula is C15H21BrN2O2. The van der Waals surface area contributed by atoms with E-state index in [1.165, 1.54) is 0 Å². The minimum Gasteiger partial charge on any atom is -0.374 e. The van der Waals surface area contributed by atoms with Crippen LogP contribution < -0.4 is 5.32 Å². The summed E-state index contributed by atoms with van der Waals surface area (Å²) in [5, 5.41) is 2.95. The van der Waals surface area contributed by atoms with Crippen molar-refractivity contribution in [2.75, 3.05) is 32.8 Å². The number of ether oxygens (including phenoxy) is 1. The molecule has 110 valence electrons. The average Bonchev–Trinajstić information content (AvgIpc) is 2.47. The number of rotatable bonds is 4. The molecular weight excluding hydrogens is 320 g/mol. The van der Waals surface area contributed by atoms with Crippen molar-refractivity contribution in [1.82, 2.24) is 10.2 Å². The molecule has 1 saturated heterocycles. The van der Waals surface area contributed by atoms with E-state index in [1.54, 1.807) is 0 Å². The van der Waals surface area contributed by atoms with Crippen LogP contribution in [0.15, 0.2) is 22.7 Å². The summed E-state index contributed by atoms with van der Waals surface area (Å²) in [5.41, 5.74) is 1.75. The van der Waals surface area contributed by atoms with E-state index in [1.807, 2.05) is 25.1 Å². The Morgan fingerprint density at radius 3 is 3.05 bits per heavy atom. The third-order valence-electron chi connectivity index (χ3n) is 3.58. The van der Waals surface area contributed by atoms with Crippen molar-refractivity contribution in [3.05, 3.63) is 33.8 Å². The van der Waals surface area contributed by atoms with Crippen LogP contribution in [0.4, 0.5) is 0 Å². The zero-order valence-corrected chi connectivity index (χ0v) is 13.6. The molecule has 20 heavy (non-hydrogen) atoms. The maximum absolute atomic E-state index is 12.1. The fraction of sp³-hybridized carbons (Fsp3) is 0.533. The van der Waals surface area contributed by atoms with Crippen LogP contribution in [0, 0.1) is 6.92 Å². The number of nitrogens with zero attached hydrogens (tertiary/aromatic N) is 1. The minimum atomic E-state index is -0.0437. The number of halogens is 1. The highest BCUT2D eigenvalue weighted by molar-refractivity contribution is 9.10. The van der Waals surface area contributed by atoms with Crippen LogP contribution in [0.1, 0.15) is 22.8 Å². The van der Waals surface area contributed by atoms with Crippen molar-refractivity contribution in [2.45, 2.75) is 20.0 Å². The van der Waals surface area contributed by atoms with Crippen molar-refractivity contribution >= 4 is 21.8 Å². The second kappa shape index (κ2) is 7.20. The third kappa shape index (κ3) is 4.04. The topological polar surface area (TPSA) is 41.6 Å². The SMILES string of the molecule is CCN1CCOC(CNC(=O)c2ccc(Br)c(C)c2)C1. The number of likely N-dealkylation sites (N-methyl/N-ethyl adjacent to an activating group) is 1. The van der Waals surface area contributed by atoms with Gasteiger partial charge in [-0.25, -0.2) is 0 Å². The number of carbonyl (C=O) groups excluding carboxylic acids is 1. The lowest BCUT2D eigenvalue weighted by molar-refractivity contribution is -0.0246. The molecule has 1 heterocycles. The molecule has 1 unspecified atom stereocenters. The predicted molar refractivity (Wildman–Crippen MR) is 83.1 cm³/mol. The zero-order valence-electron chi connectivity index (χ0n) is 12.0. The number of aryl methyl sites for hydroxylation is 1. The van der Waals surface area contributed by atoms with Gasteiger partial charge >= 0.3 is 0 Å². The van der Waals surface area contributed by atoms with E-state index in [-0.39, 0.29) is 12.0 Å². The molecule has 0 radical (unpaired) electrons. The molecule has 0 aliphatic carbocycles. The maximum Gasteiger partial charge on any atom is 0.251 e. The summed E-state index contributed by atoms with van der Waals surface area (Å²) in [6.07, 6.45) is 0.0872. The van der Waals surface area contributed by atoms with Gasteiger partial charge in [0, 0.05) is 29.7 Å². The first-order chi connectivity index (χ1) is 9.60. The van der Waals surface area contributed by atoms with Crippen LogP contribution in [0.5, 0.6) is 0 Å². The van der Waals surface area contributed by atoms with E-state index >= 15 is 0 Å². The number of hydrogen-bond donors (Lipinski definition) is 1. The average molecular weight is 341 g/mol. The molecule has 1 atom stereocenters. The summed E-state index contributed by atoms with van der Waals surface area (Å²) in [5.74, 6) is -0.0437. The Morgan fingerprint density at radius 2 is 2.35 bits per heavy atom. The molecule has 1 amide bonds. The summed E-state index contributed by atoms with van der Waals surface area (Å²) in [6, 6.07) is 5.62.